The van der Waals surface area contributed by atoms with Crippen LogP contribution in [0.4, 0.5) is 0 Å². The van der Waals surface area contributed by atoms with Gasteiger partial charge in [-0.25, -0.2) is 0 Å². The largest absolute Gasteiger partial charge is 0.393 e. The lowest BCUT2D eigenvalue weighted by Gasteiger charge is -2.34. The van der Waals surface area contributed by atoms with E-state index in [-0.39, 0.29) is 0 Å². The van der Waals surface area contributed by atoms with Crippen LogP contribution < -0.4 is 5.73 Å². The van der Waals surface area contributed by atoms with Crippen molar-refractivity contribution in [3.05, 3.63) is 0 Å². The van der Waals surface area contributed by atoms with Gasteiger partial charge in [0.1, 0.15) is 0 Å². The Kier molecular flexibility index (Phi) is 5.16. The number of likely N-dealkylation sites (tertiary alicyclic amines) is 1. The summed E-state index contributed by atoms with van der Waals surface area (Å²) >= 11 is 5.10. The average Bonchev–Trinajstić information content (AvgIpc) is 2.38. The van der Waals surface area contributed by atoms with Crippen LogP contribution in [0.3, 0.4) is 0 Å². The first-order valence-electron chi connectivity index (χ1n) is 6.57. The third-order valence-electron chi connectivity index (χ3n) is 3.74. The highest BCUT2D eigenvalue weighted by atomic mass is 32.1. The van der Waals surface area contributed by atoms with E-state index in [0.29, 0.717) is 10.9 Å². The van der Waals surface area contributed by atoms with E-state index in [4.69, 9.17) is 22.7 Å². The normalized spacial score (nSPS) is 28.1. The summed E-state index contributed by atoms with van der Waals surface area (Å²) in [6, 6.07) is 0. The van der Waals surface area contributed by atoms with Crippen molar-refractivity contribution < 1.29 is 4.74 Å². The Balaban J connectivity index is 1.69. The van der Waals surface area contributed by atoms with Gasteiger partial charge in [-0.2, -0.15) is 0 Å². The van der Waals surface area contributed by atoms with Crippen molar-refractivity contribution in [2.75, 3.05) is 52.5 Å². The number of nitrogens with zero attached hydrogens (tertiary/aromatic N) is 2. The maximum absolute atomic E-state index is 5.75. The zero-order chi connectivity index (χ0) is 12.1. The van der Waals surface area contributed by atoms with Crippen LogP contribution in [0, 0.1) is 5.92 Å². The molecule has 0 aromatic heterocycles. The average molecular weight is 257 g/mol. The fourth-order valence-corrected chi connectivity index (χ4v) is 2.79. The maximum atomic E-state index is 5.75. The van der Waals surface area contributed by atoms with Gasteiger partial charge in [0.15, 0.2) is 0 Å². The second-order valence-corrected chi connectivity index (χ2v) is 5.47. The van der Waals surface area contributed by atoms with Crippen LogP contribution in [0.25, 0.3) is 0 Å². The van der Waals surface area contributed by atoms with Crippen LogP contribution in [-0.4, -0.2) is 67.3 Å². The van der Waals surface area contributed by atoms with Crippen LogP contribution in [0.1, 0.15) is 12.8 Å². The summed E-state index contributed by atoms with van der Waals surface area (Å²) in [5, 5.41) is 0. The lowest BCUT2D eigenvalue weighted by molar-refractivity contribution is 0.0318. The van der Waals surface area contributed by atoms with Gasteiger partial charge in [0.25, 0.3) is 0 Å². The molecule has 1 unspecified atom stereocenters. The quantitative estimate of drug-likeness (QED) is 0.735. The molecule has 0 bridgehead atoms. The van der Waals surface area contributed by atoms with Crippen LogP contribution in [0.2, 0.25) is 0 Å². The third-order valence-corrected chi connectivity index (χ3v) is 4.08. The Hall–Kier alpha value is -0.230. The van der Waals surface area contributed by atoms with E-state index in [1.807, 2.05) is 0 Å². The molecular formula is C12H23N3OS. The molecule has 1 atom stereocenters. The second kappa shape index (κ2) is 6.64. The minimum absolute atomic E-state index is 0.434. The SMILES string of the molecule is NC(=S)C1CCCN(CCN2CCOCC2)C1. The van der Waals surface area contributed by atoms with E-state index < -0.39 is 0 Å². The molecule has 2 saturated heterocycles. The Labute approximate surface area is 109 Å². The molecule has 2 aliphatic heterocycles. The molecule has 0 aromatic carbocycles. The van der Waals surface area contributed by atoms with Gasteiger partial charge in [-0.15, -0.1) is 0 Å². The van der Waals surface area contributed by atoms with E-state index in [2.05, 4.69) is 9.80 Å². The minimum Gasteiger partial charge on any atom is -0.393 e. The van der Waals surface area contributed by atoms with Gasteiger partial charge in [0.05, 0.1) is 18.2 Å². The standard InChI is InChI=1S/C12H23N3OS/c13-12(17)11-2-1-3-15(10-11)5-4-14-6-8-16-9-7-14/h11H,1-10H2,(H2,13,17). The molecule has 0 aromatic rings. The smallest absolute Gasteiger partial charge is 0.0771 e. The molecule has 2 heterocycles. The fraction of sp³-hybridized carbons (Fsp3) is 0.917. The molecule has 0 aliphatic carbocycles. The van der Waals surface area contributed by atoms with E-state index >= 15 is 0 Å². The molecule has 2 N–H and O–H groups in total. The van der Waals surface area contributed by atoms with Crippen molar-refractivity contribution in [3.63, 3.8) is 0 Å². The molecule has 0 amide bonds. The van der Waals surface area contributed by atoms with Crippen molar-refractivity contribution in [2.24, 2.45) is 11.7 Å². The third kappa shape index (κ3) is 4.17. The highest BCUT2D eigenvalue weighted by molar-refractivity contribution is 7.80. The number of hydrogen-bond donors (Lipinski definition) is 1. The lowest BCUT2D eigenvalue weighted by atomic mass is 9.98. The van der Waals surface area contributed by atoms with E-state index in [1.54, 1.807) is 0 Å². The maximum Gasteiger partial charge on any atom is 0.0771 e. The topological polar surface area (TPSA) is 41.7 Å². The van der Waals surface area contributed by atoms with E-state index in [1.165, 1.54) is 19.4 Å². The predicted molar refractivity (Wildman–Crippen MR) is 73.2 cm³/mol. The van der Waals surface area contributed by atoms with Crippen molar-refractivity contribution in [3.8, 4) is 0 Å². The lowest BCUT2D eigenvalue weighted by Crippen LogP contribution is -2.45. The first kappa shape index (κ1) is 13.2. The van der Waals surface area contributed by atoms with Gasteiger partial charge in [0.2, 0.25) is 0 Å². The molecule has 17 heavy (non-hydrogen) atoms. The van der Waals surface area contributed by atoms with Crippen LogP contribution >= 0.6 is 12.2 Å². The van der Waals surface area contributed by atoms with Crippen molar-refractivity contribution >= 4 is 17.2 Å². The number of morpholine rings is 1. The molecule has 0 radical (unpaired) electrons. The number of rotatable bonds is 4. The molecule has 2 aliphatic rings. The number of ether oxygens (including phenoxy) is 1. The van der Waals surface area contributed by atoms with Crippen LogP contribution in [-0.2, 0) is 4.74 Å². The highest BCUT2D eigenvalue weighted by Gasteiger charge is 2.22. The molecule has 2 fully saturated rings. The van der Waals surface area contributed by atoms with Gasteiger partial charge in [0, 0.05) is 38.6 Å². The Morgan fingerprint density at radius 1 is 1.18 bits per heavy atom. The van der Waals surface area contributed by atoms with Gasteiger partial charge < -0.3 is 15.4 Å². The van der Waals surface area contributed by atoms with Crippen molar-refractivity contribution in [1.82, 2.24) is 9.80 Å². The Morgan fingerprint density at radius 2 is 1.88 bits per heavy atom. The Morgan fingerprint density at radius 3 is 2.59 bits per heavy atom. The second-order valence-electron chi connectivity index (χ2n) is 5.00. The summed E-state index contributed by atoms with van der Waals surface area (Å²) in [7, 11) is 0. The fourth-order valence-electron chi connectivity index (χ4n) is 2.60. The molecule has 4 nitrogen and oxygen atoms in total. The molecule has 98 valence electrons. The first-order chi connectivity index (χ1) is 8.25. The summed E-state index contributed by atoms with van der Waals surface area (Å²) in [5.74, 6) is 0.434. The van der Waals surface area contributed by atoms with E-state index in [0.717, 1.165) is 45.9 Å². The molecule has 5 heteroatoms. The van der Waals surface area contributed by atoms with Crippen molar-refractivity contribution in [2.45, 2.75) is 12.8 Å². The Bertz CT molecular complexity index is 256. The predicted octanol–water partition coefficient (Wildman–Crippen LogP) is 0.317. The summed E-state index contributed by atoms with van der Waals surface area (Å²) in [6.45, 7) is 8.46. The number of hydrogen-bond acceptors (Lipinski definition) is 4. The van der Waals surface area contributed by atoms with Gasteiger partial charge in [-0.1, -0.05) is 12.2 Å². The summed E-state index contributed by atoms with van der Waals surface area (Å²) in [6.07, 6.45) is 2.40. The summed E-state index contributed by atoms with van der Waals surface area (Å²) in [5.41, 5.74) is 5.75. The van der Waals surface area contributed by atoms with Crippen LogP contribution in [0.5, 0.6) is 0 Å². The zero-order valence-corrected chi connectivity index (χ0v) is 11.3. The molecular weight excluding hydrogens is 234 g/mol. The number of thiocarbonyl (C=S) groups is 1. The zero-order valence-electron chi connectivity index (χ0n) is 10.4. The van der Waals surface area contributed by atoms with Crippen molar-refractivity contribution in [1.29, 1.82) is 0 Å². The van der Waals surface area contributed by atoms with Gasteiger partial charge in [-0.05, 0) is 19.4 Å². The molecule has 2 rings (SSSR count). The first-order valence-corrected chi connectivity index (χ1v) is 6.98. The molecule has 0 spiro atoms. The summed E-state index contributed by atoms with van der Waals surface area (Å²) in [4.78, 5) is 5.68. The monoisotopic (exact) mass is 257 g/mol. The number of piperidine rings is 1. The molecule has 0 saturated carbocycles. The highest BCUT2D eigenvalue weighted by Crippen LogP contribution is 2.16. The van der Waals surface area contributed by atoms with Gasteiger partial charge in [-0.3, -0.25) is 4.90 Å². The van der Waals surface area contributed by atoms with Gasteiger partial charge >= 0.3 is 0 Å². The number of nitrogens with two attached hydrogens (primary N) is 1. The minimum atomic E-state index is 0.434. The van der Waals surface area contributed by atoms with E-state index in [9.17, 15) is 0 Å². The van der Waals surface area contributed by atoms with Crippen LogP contribution in [0.15, 0.2) is 0 Å². The summed E-state index contributed by atoms with van der Waals surface area (Å²) < 4.78 is 5.35.